The molecule has 8 nitrogen and oxygen atoms in total. The van der Waals surface area contributed by atoms with E-state index in [2.05, 4.69) is 9.57 Å². The number of carbonyl (C=O) groups is 4. The van der Waals surface area contributed by atoms with Crippen molar-refractivity contribution in [2.45, 2.75) is 45.1 Å². The normalized spacial score (nSPS) is 16.9. The second kappa shape index (κ2) is 6.17. The molecule has 0 bridgehead atoms. The van der Waals surface area contributed by atoms with Crippen molar-refractivity contribution in [3.63, 3.8) is 0 Å². The summed E-state index contributed by atoms with van der Waals surface area (Å²) >= 11 is 0. The lowest BCUT2D eigenvalue weighted by molar-refractivity contribution is -0.201. The largest absolute Gasteiger partial charge is 0.509 e. The molecule has 9 heteroatoms. The molecule has 1 aliphatic rings. The molecule has 1 aliphatic heterocycles. The smallest absolute Gasteiger partial charge is 0.429 e. The predicted octanol–water partition coefficient (Wildman–Crippen LogP) is 0.746. The Labute approximate surface area is 117 Å². The third-order valence-corrected chi connectivity index (χ3v) is 2.44. The zero-order valence-electron chi connectivity index (χ0n) is 11.4. The predicted molar refractivity (Wildman–Crippen MR) is 68.0 cm³/mol. The second-order valence-electron chi connectivity index (χ2n) is 5.00. The third kappa shape index (κ3) is 4.77. The molecule has 2 atom stereocenters. The Kier molecular flexibility index (Phi) is 5.05. The average molecular weight is 305 g/mol. The highest BCUT2D eigenvalue weighted by atomic mass is 31.0. The Morgan fingerprint density at radius 2 is 1.70 bits per heavy atom. The molecule has 1 unspecified atom stereocenters. The van der Waals surface area contributed by atoms with Crippen molar-refractivity contribution in [2.75, 3.05) is 0 Å². The number of rotatable bonds is 3. The van der Waals surface area contributed by atoms with E-state index in [-0.39, 0.29) is 12.8 Å². The van der Waals surface area contributed by atoms with Crippen LogP contribution in [0.1, 0.15) is 33.6 Å². The zero-order chi connectivity index (χ0) is 15.5. The number of amides is 2. The van der Waals surface area contributed by atoms with Gasteiger partial charge in [-0.05, 0) is 20.8 Å². The summed E-state index contributed by atoms with van der Waals surface area (Å²) in [5.74, 6) is -3.67. The van der Waals surface area contributed by atoms with Crippen LogP contribution in [0.2, 0.25) is 0 Å². The first-order chi connectivity index (χ1) is 9.10. The average Bonchev–Trinajstić information content (AvgIpc) is 2.57. The highest BCUT2D eigenvalue weighted by molar-refractivity contribution is 7.19. The molecule has 2 amide bonds. The molecule has 1 saturated heterocycles. The molecule has 20 heavy (non-hydrogen) atoms. The summed E-state index contributed by atoms with van der Waals surface area (Å²) in [4.78, 5) is 49.9. The Balaban J connectivity index is 2.49. The molecule has 0 aliphatic carbocycles. The summed E-state index contributed by atoms with van der Waals surface area (Å²) in [6.07, 6.45) is -1.09. The van der Waals surface area contributed by atoms with Crippen LogP contribution in [-0.2, 0) is 28.7 Å². The van der Waals surface area contributed by atoms with Crippen molar-refractivity contribution in [3.05, 3.63) is 0 Å². The fourth-order valence-electron chi connectivity index (χ4n) is 1.23. The minimum absolute atomic E-state index is 0.0133. The van der Waals surface area contributed by atoms with Crippen molar-refractivity contribution in [3.8, 4) is 0 Å². The minimum Gasteiger partial charge on any atom is -0.429 e. The van der Waals surface area contributed by atoms with Crippen molar-refractivity contribution >= 4 is 33.2 Å². The van der Waals surface area contributed by atoms with Crippen LogP contribution in [0.5, 0.6) is 0 Å². The summed E-state index contributed by atoms with van der Waals surface area (Å²) in [5, 5.41) is 0.373. The van der Waals surface area contributed by atoms with E-state index < -0.39 is 35.4 Å². The number of nitrogens with zero attached hydrogens (tertiary/aromatic N) is 1. The second-order valence-corrected chi connectivity index (χ2v) is 5.60. The molecule has 1 rings (SSSR count). The number of imide groups is 1. The van der Waals surface area contributed by atoms with Gasteiger partial charge in [-0.25, -0.2) is 9.59 Å². The standard InChI is InChI=1S/C11H16NO7P/c1-11(2,3)18-10(16)17-9(20)8(15)19-12-6(13)4-5-7(12)14/h9H,4-5,20H2,1-3H3/t9-/m1/s1. The fraction of sp³-hybridized carbons (Fsp3) is 0.636. The van der Waals surface area contributed by atoms with Crippen LogP contribution in [-0.4, -0.2) is 40.4 Å². The molecule has 0 aromatic rings. The maximum atomic E-state index is 11.6. The Morgan fingerprint density at radius 3 is 2.15 bits per heavy atom. The van der Waals surface area contributed by atoms with Gasteiger partial charge in [-0.1, -0.05) is 9.24 Å². The number of carbonyl (C=O) groups excluding carboxylic acids is 4. The number of ether oxygens (including phenoxy) is 2. The number of hydrogen-bond acceptors (Lipinski definition) is 7. The Morgan fingerprint density at radius 1 is 1.20 bits per heavy atom. The van der Waals surface area contributed by atoms with Crippen molar-refractivity contribution in [2.24, 2.45) is 0 Å². The first kappa shape index (κ1) is 16.4. The lowest BCUT2D eigenvalue weighted by Crippen LogP contribution is -2.37. The van der Waals surface area contributed by atoms with Gasteiger partial charge in [-0.3, -0.25) is 9.59 Å². The van der Waals surface area contributed by atoms with Gasteiger partial charge in [0.15, 0.2) is 0 Å². The monoisotopic (exact) mass is 305 g/mol. The third-order valence-electron chi connectivity index (χ3n) is 2.03. The van der Waals surface area contributed by atoms with Gasteiger partial charge in [-0.2, -0.15) is 0 Å². The molecule has 112 valence electrons. The first-order valence-electron chi connectivity index (χ1n) is 5.83. The van der Waals surface area contributed by atoms with Gasteiger partial charge >= 0.3 is 12.1 Å². The first-order valence-corrected chi connectivity index (χ1v) is 6.49. The van der Waals surface area contributed by atoms with Crippen LogP contribution in [0, 0.1) is 0 Å². The van der Waals surface area contributed by atoms with Crippen LogP contribution >= 0.6 is 9.24 Å². The molecule has 1 fully saturated rings. The van der Waals surface area contributed by atoms with E-state index in [0.29, 0.717) is 5.06 Å². The molecule has 0 aromatic heterocycles. The molecule has 0 aromatic carbocycles. The maximum absolute atomic E-state index is 11.6. The van der Waals surface area contributed by atoms with Crippen molar-refractivity contribution < 1.29 is 33.5 Å². The van der Waals surface area contributed by atoms with Gasteiger partial charge < -0.3 is 14.3 Å². The summed E-state index contributed by atoms with van der Waals surface area (Å²) in [6, 6.07) is 0. The molecule has 1 heterocycles. The van der Waals surface area contributed by atoms with Crippen LogP contribution in [0.25, 0.3) is 0 Å². The Bertz CT molecular complexity index is 427. The molecular weight excluding hydrogens is 289 g/mol. The van der Waals surface area contributed by atoms with E-state index >= 15 is 0 Å². The van der Waals surface area contributed by atoms with Crippen molar-refractivity contribution in [1.82, 2.24) is 5.06 Å². The number of hydroxylamine groups is 2. The van der Waals surface area contributed by atoms with E-state index in [9.17, 15) is 19.2 Å². The van der Waals surface area contributed by atoms with Crippen molar-refractivity contribution in [1.29, 1.82) is 0 Å². The van der Waals surface area contributed by atoms with E-state index in [1.165, 1.54) is 0 Å². The van der Waals surface area contributed by atoms with Gasteiger partial charge in [0.1, 0.15) is 5.60 Å². The van der Waals surface area contributed by atoms with Crippen LogP contribution < -0.4 is 0 Å². The van der Waals surface area contributed by atoms with Crippen LogP contribution in [0.3, 0.4) is 0 Å². The van der Waals surface area contributed by atoms with Gasteiger partial charge in [0, 0.05) is 12.8 Å². The van der Waals surface area contributed by atoms with E-state index in [4.69, 9.17) is 4.74 Å². The lowest BCUT2D eigenvalue weighted by Gasteiger charge is -2.21. The molecule has 0 saturated carbocycles. The highest BCUT2D eigenvalue weighted by Crippen LogP contribution is 2.16. The van der Waals surface area contributed by atoms with Gasteiger partial charge in [0.25, 0.3) is 11.8 Å². The van der Waals surface area contributed by atoms with Gasteiger partial charge in [-0.15, -0.1) is 5.06 Å². The summed E-state index contributed by atoms with van der Waals surface area (Å²) < 4.78 is 9.49. The lowest BCUT2D eigenvalue weighted by atomic mass is 10.2. The zero-order valence-corrected chi connectivity index (χ0v) is 12.5. The summed E-state index contributed by atoms with van der Waals surface area (Å²) in [5.41, 5.74) is -0.772. The highest BCUT2D eigenvalue weighted by Gasteiger charge is 2.35. The molecule has 0 N–H and O–H groups in total. The minimum atomic E-state index is -1.38. The topological polar surface area (TPSA) is 99.2 Å². The fourth-order valence-corrected chi connectivity index (χ4v) is 1.40. The quantitative estimate of drug-likeness (QED) is 0.431. The SMILES string of the molecule is CC(C)(C)OC(=O)O[C@H](P)C(=O)ON1C(=O)CCC1=O. The number of hydrogen-bond donors (Lipinski definition) is 0. The summed E-state index contributed by atoms with van der Waals surface area (Å²) in [6.45, 7) is 4.89. The summed E-state index contributed by atoms with van der Waals surface area (Å²) in [7, 11) is 1.92. The molecule has 0 radical (unpaired) electrons. The van der Waals surface area contributed by atoms with Gasteiger partial charge in [0.05, 0.1) is 0 Å². The van der Waals surface area contributed by atoms with Crippen LogP contribution in [0.15, 0.2) is 0 Å². The van der Waals surface area contributed by atoms with Gasteiger partial charge in [0.2, 0.25) is 5.85 Å². The van der Waals surface area contributed by atoms with E-state index in [1.54, 1.807) is 20.8 Å². The molecular formula is C11H16NO7P. The Hall–Kier alpha value is -1.69. The molecule has 0 spiro atoms. The maximum Gasteiger partial charge on any atom is 0.509 e. The van der Waals surface area contributed by atoms with E-state index in [0.717, 1.165) is 0 Å². The van der Waals surface area contributed by atoms with Crippen LogP contribution in [0.4, 0.5) is 4.79 Å². The van der Waals surface area contributed by atoms with E-state index in [1.807, 2.05) is 9.24 Å².